The highest BCUT2D eigenvalue weighted by Crippen LogP contribution is 2.17. The summed E-state index contributed by atoms with van der Waals surface area (Å²) in [6.07, 6.45) is 0. The fraction of sp³-hybridized carbons (Fsp3) is 0.222. The quantitative estimate of drug-likeness (QED) is 0.691. The minimum absolute atomic E-state index is 0.169. The maximum Gasteiger partial charge on any atom is 0.319 e. The number of rotatable bonds is 6. The summed E-state index contributed by atoms with van der Waals surface area (Å²) < 4.78 is 5.49. The van der Waals surface area contributed by atoms with Crippen LogP contribution in [0.2, 0.25) is 5.02 Å². The minimum Gasteiger partial charge on any atom is -0.492 e. The van der Waals surface area contributed by atoms with Gasteiger partial charge in [-0.05, 0) is 48.9 Å². The van der Waals surface area contributed by atoms with Crippen molar-refractivity contribution in [3.05, 3.63) is 58.6 Å². The highest BCUT2D eigenvalue weighted by Gasteiger charge is 2.08. The normalized spacial score (nSPS) is 10.0. The van der Waals surface area contributed by atoms with Crippen molar-refractivity contribution in [1.29, 1.82) is 0 Å². The molecule has 2 rings (SSSR count). The number of hydrogen-bond donors (Lipinski definition) is 3. The number of aryl methyl sites for hydroxylation is 1. The molecule has 3 amide bonds. The molecule has 132 valence electrons. The molecule has 0 spiro atoms. The lowest BCUT2D eigenvalue weighted by Crippen LogP contribution is -2.32. The molecule has 0 aliphatic carbocycles. The number of carbonyl (C=O) groups excluding carboxylic acids is 2. The second-order valence-electron chi connectivity index (χ2n) is 5.30. The van der Waals surface area contributed by atoms with E-state index in [0.29, 0.717) is 35.2 Å². The molecule has 0 saturated heterocycles. The fourth-order valence-corrected chi connectivity index (χ4v) is 2.33. The molecule has 2 aromatic carbocycles. The number of nitrogens with one attached hydrogen (secondary N) is 3. The maximum atomic E-state index is 11.9. The Labute approximate surface area is 151 Å². The Balaban J connectivity index is 1.79. The number of halogens is 1. The van der Waals surface area contributed by atoms with Gasteiger partial charge in [0, 0.05) is 23.3 Å². The van der Waals surface area contributed by atoms with Gasteiger partial charge in [0.05, 0.1) is 6.54 Å². The van der Waals surface area contributed by atoms with Crippen LogP contribution in [0.5, 0.6) is 5.75 Å². The molecule has 2 aromatic rings. The zero-order valence-electron chi connectivity index (χ0n) is 14.1. The van der Waals surface area contributed by atoms with Crippen molar-refractivity contribution in [3.63, 3.8) is 0 Å². The molecule has 0 fully saturated rings. The van der Waals surface area contributed by atoms with Crippen molar-refractivity contribution in [2.75, 3.05) is 25.5 Å². The van der Waals surface area contributed by atoms with Crippen molar-refractivity contribution in [1.82, 2.24) is 10.6 Å². The molecule has 0 aromatic heterocycles. The summed E-state index contributed by atoms with van der Waals surface area (Å²) >= 11 is 5.87. The van der Waals surface area contributed by atoms with Crippen molar-refractivity contribution >= 4 is 29.2 Å². The zero-order chi connectivity index (χ0) is 18.2. The molecule has 6 nitrogen and oxygen atoms in total. The monoisotopic (exact) mass is 361 g/mol. The van der Waals surface area contributed by atoms with Gasteiger partial charge in [-0.25, -0.2) is 4.79 Å². The highest BCUT2D eigenvalue weighted by atomic mass is 35.5. The molecule has 3 N–H and O–H groups in total. The van der Waals surface area contributed by atoms with Crippen molar-refractivity contribution in [2.45, 2.75) is 6.92 Å². The Morgan fingerprint density at radius 1 is 1.16 bits per heavy atom. The molecule has 0 atom stereocenters. The summed E-state index contributed by atoms with van der Waals surface area (Å²) in [7, 11) is 1.57. The lowest BCUT2D eigenvalue weighted by Gasteiger charge is -2.11. The third kappa shape index (κ3) is 5.69. The first-order valence-electron chi connectivity index (χ1n) is 7.75. The van der Waals surface area contributed by atoms with E-state index in [2.05, 4.69) is 16.0 Å². The molecule has 0 heterocycles. The smallest absolute Gasteiger partial charge is 0.319 e. The molecule has 0 aliphatic rings. The van der Waals surface area contributed by atoms with E-state index >= 15 is 0 Å². The Kier molecular flexibility index (Phi) is 6.65. The molecule has 0 radical (unpaired) electrons. The third-order valence-corrected chi connectivity index (χ3v) is 3.65. The topological polar surface area (TPSA) is 79.5 Å². The third-order valence-electron chi connectivity index (χ3n) is 3.42. The van der Waals surface area contributed by atoms with E-state index in [1.165, 1.54) is 0 Å². The Hall–Kier alpha value is -2.73. The summed E-state index contributed by atoms with van der Waals surface area (Å²) in [6.45, 7) is 2.49. The Morgan fingerprint density at radius 3 is 2.64 bits per heavy atom. The number of hydrogen-bond acceptors (Lipinski definition) is 3. The van der Waals surface area contributed by atoms with E-state index in [4.69, 9.17) is 16.3 Å². The van der Waals surface area contributed by atoms with E-state index in [-0.39, 0.29) is 11.9 Å². The van der Waals surface area contributed by atoms with Gasteiger partial charge in [0.1, 0.15) is 12.4 Å². The minimum atomic E-state index is -0.342. The van der Waals surface area contributed by atoms with E-state index in [1.807, 2.05) is 6.92 Å². The van der Waals surface area contributed by atoms with E-state index < -0.39 is 0 Å². The van der Waals surface area contributed by atoms with Gasteiger partial charge in [-0.2, -0.15) is 0 Å². The standard InChI is InChI=1S/C18H20ClN3O3/c1-12-10-13(17(23)20-2)6-7-16(12)22-18(24)21-8-9-25-15-5-3-4-14(19)11-15/h3-7,10-11H,8-9H2,1-2H3,(H,20,23)(H2,21,22,24). The van der Waals surface area contributed by atoms with Crippen LogP contribution in [0.15, 0.2) is 42.5 Å². The van der Waals surface area contributed by atoms with Gasteiger partial charge >= 0.3 is 6.03 Å². The van der Waals surface area contributed by atoms with Crippen molar-refractivity contribution < 1.29 is 14.3 Å². The molecular formula is C18H20ClN3O3. The van der Waals surface area contributed by atoms with Crippen LogP contribution in [0.4, 0.5) is 10.5 Å². The lowest BCUT2D eigenvalue weighted by molar-refractivity contribution is 0.0963. The number of carbonyl (C=O) groups is 2. The summed E-state index contributed by atoms with van der Waals surface area (Å²) in [5.74, 6) is 0.479. The van der Waals surface area contributed by atoms with Crippen molar-refractivity contribution in [2.24, 2.45) is 0 Å². The van der Waals surface area contributed by atoms with Gasteiger partial charge in [0.25, 0.3) is 5.91 Å². The van der Waals surface area contributed by atoms with Crippen LogP contribution in [0.1, 0.15) is 15.9 Å². The summed E-state index contributed by atoms with van der Waals surface area (Å²) in [5, 5.41) is 8.60. The molecule has 0 bridgehead atoms. The second kappa shape index (κ2) is 8.94. The van der Waals surface area contributed by atoms with Gasteiger partial charge in [-0.1, -0.05) is 17.7 Å². The first-order chi connectivity index (χ1) is 12.0. The molecule has 0 aliphatic heterocycles. The predicted octanol–water partition coefficient (Wildman–Crippen LogP) is 3.21. The first kappa shape index (κ1) is 18.6. The second-order valence-corrected chi connectivity index (χ2v) is 5.73. The number of urea groups is 1. The van der Waals surface area contributed by atoms with Gasteiger partial charge in [0.2, 0.25) is 0 Å². The molecule has 7 heteroatoms. The molecule has 0 saturated carbocycles. The number of benzene rings is 2. The Morgan fingerprint density at radius 2 is 1.96 bits per heavy atom. The van der Waals surface area contributed by atoms with Crippen molar-refractivity contribution in [3.8, 4) is 5.75 Å². The number of anilines is 1. The predicted molar refractivity (Wildman–Crippen MR) is 98.5 cm³/mol. The van der Waals surface area contributed by atoms with Gasteiger partial charge in [-0.15, -0.1) is 0 Å². The average Bonchev–Trinajstić information content (AvgIpc) is 2.60. The lowest BCUT2D eigenvalue weighted by atomic mass is 10.1. The van der Waals surface area contributed by atoms with E-state index in [0.717, 1.165) is 5.56 Å². The molecule has 25 heavy (non-hydrogen) atoms. The van der Waals surface area contributed by atoms with Crippen LogP contribution < -0.4 is 20.7 Å². The summed E-state index contributed by atoms with van der Waals surface area (Å²) in [4.78, 5) is 23.5. The zero-order valence-corrected chi connectivity index (χ0v) is 14.8. The molecule has 0 unspecified atom stereocenters. The average molecular weight is 362 g/mol. The van der Waals surface area contributed by atoms with Crippen LogP contribution in [-0.4, -0.2) is 32.1 Å². The SMILES string of the molecule is CNC(=O)c1ccc(NC(=O)NCCOc2cccc(Cl)c2)c(C)c1. The van der Waals surface area contributed by atoms with Crippen LogP contribution in [-0.2, 0) is 0 Å². The van der Waals surface area contributed by atoms with Crippen LogP contribution in [0.3, 0.4) is 0 Å². The number of ether oxygens (including phenoxy) is 1. The van der Waals surface area contributed by atoms with Gasteiger partial charge < -0.3 is 20.7 Å². The summed E-state index contributed by atoms with van der Waals surface area (Å²) in [5.41, 5.74) is 1.98. The fourth-order valence-electron chi connectivity index (χ4n) is 2.15. The van der Waals surface area contributed by atoms with E-state index in [9.17, 15) is 9.59 Å². The largest absolute Gasteiger partial charge is 0.492 e. The maximum absolute atomic E-state index is 11.9. The summed E-state index contributed by atoms with van der Waals surface area (Å²) in [6, 6.07) is 11.8. The van der Waals surface area contributed by atoms with Crippen LogP contribution >= 0.6 is 11.6 Å². The van der Waals surface area contributed by atoms with E-state index in [1.54, 1.807) is 49.5 Å². The molecular weight excluding hydrogens is 342 g/mol. The van der Waals surface area contributed by atoms with Gasteiger partial charge in [-0.3, -0.25) is 4.79 Å². The highest BCUT2D eigenvalue weighted by molar-refractivity contribution is 6.30. The first-order valence-corrected chi connectivity index (χ1v) is 8.13. The Bertz CT molecular complexity index is 765. The van der Waals surface area contributed by atoms with Crippen LogP contribution in [0.25, 0.3) is 0 Å². The van der Waals surface area contributed by atoms with Gasteiger partial charge in [0.15, 0.2) is 0 Å². The number of amides is 3. The van der Waals surface area contributed by atoms with Crippen LogP contribution in [0, 0.1) is 6.92 Å².